The maximum absolute atomic E-state index is 13.0. The number of hydrogen-bond donors (Lipinski definition) is 5. The van der Waals surface area contributed by atoms with E-state index in [1.165, 1.54) is 0 Å². The van der Waals surface area contributed by atoms with Crippen molar-refractivity contribution < 1.29 is 24.3 Å². The second kappa shape index (κ2) is 12.7. The fourth-order valence-corrected chi connectivity index (χ4v) is 3.05. The number of rotatable bonds is 12. The van der Waals surface area contributed by atoms with Crippen LogP contribution in [0.3, 0.4) is 0 Å². The smallest absolute Gasteiger partial charge is 0.326 e. The normalized spacial score (nSPS) is 13.9. The number of carboxylic acids is 1. The molecule has 9 nitrogen and oxygen atoms in total. The number of hydrogen-bond acceptors (Lipinski definition) is 5. The number of benzene rings is 1. The highest BCUT2D eigenvalue weighted by Gasteiger charge is 2.31. The molecule has 0 aliphatic heterocycles. The molecule has 1 aromatic rings. The van der Waals surface area contributed by atoms with Crippen molar-refractivity contribution in [3.05, 3.63) is 35.9 Å². The molecule has 9 heteroatoms. The summed E-state index contributed by atoms with van der Waals surface area (Å²) in [4.78, 5) is 49.1. The maximum atomic E-state index is 13.0. The summed E-state index contributed by atoms with van der Waals surface area (Å²) in [5.74, 6) is -3.02. The van der Waals surface area contributed by atoms with E-state index in [9.17, 15) is 24.3 Å². The Labute approximate surface area is 183 Å². The molecular weight excluding hydrogens is 400 g/mol. The summed E-state index contributed by atoms with van der Waals surface area (Å²) in [5, 5.41) is 17.1. The molecule has 0 bridgehead atoms. The highest BCUT2D eigenvalue weighted by atomic mass is 16.4. The van der Waals surface area contributed by atoms with Gasteiger partial charge < -0.3 is 26.8 Å². The number of aliphatic carboxylic acids is 1. The van der Waals surface area contributed by atoms with E-state index in [0.29, 0.717) is 6.42 Å². The highest BCUT2D eigenvalue weighted by molar-refractivity contribution is 5.93. The van der Waals surface area contributed by atoms with Gasteiger partial charge in [-0.25, -0.2) is 4.79 Å². The summed E-state index contributed by atoms with van der Waals surface area (Å²) in [6, 6.07) is 6.19. The van der Waals surface area contributed by atoms with Gasteiger partial charge in [-0.05, 0) is 23.8 Å². The number of amides is 3. The predicted octanol–water partition coefficient (Wildman–Crippen LogP) is 0.429. The van der Waals surface area contributed by atoms with Crippen LogP contribution in [0.1, 0.15) is 39.7 Å². The van der Waals surface area contributed by atoms with Gasteiger partial charge in [0.15, 0.2) is 0 Å². The fraction of sp³-hybridized carbons (Fsp3) is 0.545. The zero-order valence-electron chi connectivity index (χ0n) is 18.6. The van der Waals surface area contributed by atoms with Crippen LogP contribution in [0, 0.1) is 11.8 Å². The number of nitrogens with two attached hydrogens (primary N) is 1. The van der Waals surface area contributed by atoms with Crippen LogP contribution >= 0.6 is 0 Å². The summed E-state index contributed by atoms with van der Waals surface area (Å²) < 4.78 is 0. The Kier molecular flexibility index (Phi) is 10.7. The second-order valence-corrected chi connectivity index (χ2v) is 8.27. The molecule has 3 unspecified atom stereocenters. The van der Waals surface area contributed by atoms with Gasteiger partial charge >= 0.3 is 5.97 Å². The molecule has 0 radical (unpaired) electrons. The lowest BCUT2D eigenvalue weighted by molar-refractivity contribution is -0.143. The Hall–Kier alpha value is -2.94. The maximum Gasteiger partial charge on any atom is 0.326 e. The number of nitrogens with one attached hydrogen (secondary N) is 3. The highest BCUT2D eigenvalue weighted by Crippen LogP contribution is 2.10. The molecule has 31 heavy (non-hydrogen) atoms. The Morgan fingerprint density at radius 1 is 0.903 bits per heavy atom. The first kappa shape index (κ1) is 26.1. The lowest BCUT2D eigenvalue weighted by atomic mass is 9.99. The standard InChI is InChI=1S/C22H34N4O5/c1-13(2)10-16(21(29)26-19(14(3)4)22(30)31)25-20(28)17(24-18(27)12-23)11-15-8-6-5-7-9-15/h5-9,13-14,16-17,19H,10-12,23H2,1-4H3,(H,24,27)(H,25,28)(H,26,29)(H,30,31). The van der Waals surface area contributed by atoms with Gasteiger partial charge in [0.25, 0.3) is 0 Å². The van der Waals surface area contributed by atoms with Gasteiger partial charge in [0.2, 0.25) is 17.7 Å². The summed E-state index contributed by atoms with van der Waals surface area (Å²) in [6.07, 6.45) is 0.531. The molecule has 0 aliphatic carbocycles. The lowest BCUT2D eigenvalue weighted by Gasteiger charge is -2.26. The monoisotopic (exact) mass is 434 g/mol. The van der Waals surface area contributed by atoms with Gasteiger partial charge in [0.1, 0.15) is 18.1 Å². The van der Waals surface area contributed by atoms with E-state index in [4.69, 9.17) is 5.73 Å². The first-order chi connectivity index (χ1) is 14.5. The minimum absolute atomic E-state index is 0.0598. The van der Waals surface area contributed by atoms with Crippen molar-refractivity contribution in [3.8, 4) is 0 Å². The van der Waals surface area contributed by atoms with E-state index in [1.807, 2.05) is 44.2 Å². The zero-order valence-corrected chi connectivity index (χ0v) is 18.6. The van der Waals surface area contributed by atoms with E-state index in [-0.39, 0.29) is 24.8 Å². The molecule has 0 spiro atoms. The molecule has 0 heterocycles. The van der Waals surface area contributed by atoms with Crippen LogP contribution in [0.4, 0.5) is 0 Å². The van der Waals surface area contributed by atoms with Gasteiger partial charge in [-0.2, -0.15) is 0 Å². The molecule has 0 aliphatic rings. The van der Waals surface area contributed by atoms with Gasteiger partial charge in [-0.3, -0.25) is 14.4 Å². The largest absolute Gasteiger partial charge is 0.480 e. The molecule has 0 fully saturated rings. The number of carbonyl (C=O) groups is 4. The minimum Gasteiger partial charge on any atom is -0.480 e. The first-order valence-corrected chi connectivity index (χ1v) is 10.4. The van der Waals surface area contributed by atoms with Gasteiger partial charge in [-0.1, -0.05) is 58.0 Å². The van der Waals surface area contributed by atoms with Crippen molar-refractivity contribution in [2.24, 2.45) is 17.6 Å². The average molecular weight is 435 g/mol. The van der Waals surface area contributed by atoms with Crippen LogP contribution in [0.15, 0.2) is 30.3 Å². The van der Waals surface area contributed by atoms with E-state index in [0.717, 1.165) is 5.56 Å². The van der Waals surface area contributed by atoms with Crippen molar-refractivity contribution in [3.63, 3.8) is 0 Å². The van der Waals surface area contributed by atoms with E-state index < -0.39 is 41.8 Å². The minimum atomic E-state index is -1.14. The fourth-order valence-electron chi connectivity index (χ4n) is 3.05. The summed E-state index contributed by atoms with van der Waals surface area (Å²) in [7, 11) is 0. The van der Waals surface area contributed by atoms with Crippen molar-refractivity contribution in [1.29, 1.82) is 0 Å². The molecule has 1 aromatic carbocycles. The molecule has 3 amide bonds. The second-order valence-electron chi connectivity index (χ2n) is 8.27. The van der Waals surface area contributed by atoms with E-state index in [1.54, 1.807) is 13.8 Å². The van der Waals surface area contributed by atoms with Crippen LogP contribution < -0.4 is 21.7 Å². The number of carbonyl (C=O) groups excluding carboxylic acids is 3. The predicted molar refractivity (Wildman–Crippen MR) is 117 cm³/mol. The molecular formula is C22H34N4O5. The van der Waals surface area contributed by atoms with Gasteiger partial charge in [0, 0.05) is 6.42 Å². The molecule has 3 atom stereocenters. The summed E-state index contributed by atoms with van der Waals surface area (Å²) >= 11 is 0. The van der Waals surface area contributed by atoms with Crippen molar-refractivity contribution >= 4 is 23.7 Å². The van der Waals surface area contributed by atoms with Crippen LogP contribution in [-0.2, 0) is 25.6 Å². The summed E-state index contributed by atoms with van der Waals surface area (Å²) in [6.45, 7) is 6.88. The Balaban J connectivity index is 3.01. The third-order valence-electron chi connectivity index (χ3n) is 4.69. The molecule has 172 valence electrons. The van der Waals surface area contributed by atoms with E-state index >= 15 is 0 Å². The van der Waals surface area contributed by atoms with Crippen LogP contribution in [0.2, 0.25) is 0 Å². The van der Waals surface area contributed by atoms with Crippen LogP contribution in [0.25, 0.3) is 0 Å². The molecule has 6 N–H and O–H groups in total. The zero-order chi connectivity index (χ0) is 23.6. The number of carboxylic acid groups (broad SMARTS) is 1. The average Bonchev–Trinajstić information content (AvgIpc) is 2.70. The van der Waals surface area contributed by atoms with Crippen molar-refractivity contribution in [1.82, 2.24) is 16.0 Å². The van der Waals surface area contributed by atoms with Gasteiger partial charge in [-0.15, -0.1) is 0 Å². The van der Waals surface area contributed by atoms with Crippen molar-refractivity contribution in [2.75, 3.05) is 6.54 Å². The quantitative estimate of drug-likeness (QED) is 0.322. The third kappa shape index (κ3) is 9.17. The van der Waals surface area contributed by atoms with Crippen molar-refractivity contribution in [2.45, 2.75) is 58.7 Å². The lowest BCUT2D eigenvalue weighted by Crippen LogP contribution is -2.57. The molecule has 1 rings (SSSR count). The first-order valence-electron chi connectivity index (χ1n) is 10.4. The molecule has 0 aromatic heterocycles. The summed E-state index contributed by atoms with van der Waals surface area (Å²) in [5.41, 5.74) is 6.21. The Morgan fingerprint density at radius 3 is 1.97 bits per heavy atom. The van der Waals surface area contributed by atoms with Gasteiger partial charge in [0.05, 0.1) is 6.54 Å². The van der Waals surface area contributed by atoms with Crippen LogP contribution in [-0.4, -0.2) is 53.5 Å². The van der Waals surface area contributed by atoms with Crippen LogP contribution in [0.5, 0.6) is 0 Å². The van der Waals surface area contributed by atoms with E-state index in [2.05, 4.69) is 16.0 Å². The third-order valence-corrected chi connectivity index (χ3v) is 4.69. The molecule has 0 saturated heterocycles. The topological polar surface area (TPSA) is 151 Å². The molecule has 0 saturated carbocycles. The Bertz CT molecular complexity index is 752. The SMILES string of the molecule is CC(C)CC(NC(=O)C(Cc1ccccc1)NC(=O)CN)C(=O)NC(C(=O)O)C(C)C. The Morgan fingerprint density at radius 2 is 1.48 bits per heavy atom.